The van der Waals surface area contributed by atoms with Gasteiger partial charge in [-0.25, -0.2) is 4.90 Å². The van der Waals surface area contributed by atoms with Crippen molar-refractivity contribution >= 4 is 34.4 Å². The van der Waals surface area contributed by atoms with Gasteiger partial charge in [0, 0.05) is 24.5 Å². The van der Waals surface area contributed by atoms with Crippen LogP contribution in [-0.4, -0.2) is 24.9 Å². The summed E-state index contributed by atoms with van der Waals surface area (Å²) in [5.74, 6) is -0.650. The molecule has 5 heteroatoms. The topological polar surface area (TPSA) is 52.7 Å². The molecule has 34 heavy (non-hydrogen) atoms. The molecule has 0 spiro atoms. The quantitative estimate of drug-likeness (QED) is 0.499. The zero-order valence-corrected chi connectivity index (χ0v) is 19.7. The summed E-state index contributed by atoms with van der Waals surface area (Å²) in [6, 6.07) is 23.4. The number of imide groups is 1. The van der Waals surface area contributed by atoms with Gasteiger partial charge in [-0.05, 0) is 73.7 Å². The van der Waals surface area contributed by atoms with Crippen molar-refractivity contribution in [1.29, 1.82) is 0 Å². The van der Waals surface area contributed by atoms with Crippen LogP contribution in [0.4, 0.5) is 17.1 Å². The minimum Gasteiger partial charge on any atom is -0.372 e. The Morgan fingerprint density at radius 1 is 0.765 bits per heavy atom. The minimum atomic E-state index is -0.339. The van der Waals surface area contributed by atoms with Crippen molar-refractivity contribution in [1.82, 2.24) is 0 Å². The highest BCUT2D eigenvalue weighted by Gasteiger charge is 2.40. The van der Waals surface area contributed by atoms with Gasteiger partial charge in [0.2, 0.25) is 0 Å². The Morgan fingerprint density at radius 2 is 1.38 bits per heavy atom. The van der Waals surface area contributed by atoms with E-state index >= 15 is 0 Å². The molecule has 172 valence electrons. The number of benzene rings is 3. The molecule has 5 rings (SSSR count). The van der Waals surface area contributed by atoms with Gasteiger partial charge in [-0.3, -0.25) is 9.59 Å². The van der Waals surface area contributed by atoms with Gasteiger partial charge in [0.25, 0.3) is 11.8 Å². The van der Waals surface area contributed by atoms with Gasteiger partial charge >= 0.3 is 0 Å². The zero-order chi connectivity index (χ0) is 23.7. The number of hydrogen-bond donors (Lipinski definition) is 1. The summed E-state index contributed by atoms with van der Waals surface area (Å²) in [5, 5.41) is 3.27. The Morgan fingerprint density at radius 3 is 2.00 bits per heavy atom. The molecular formula is C29H29N3O2. The molecule has 0 aliphatic carbocycles. The maximum Gasteiger partial charge on any atom is 0.282 e. The number of rotatable bonds is 6. The fraction of sp³-hybridized carbons (Fsp3) is 0.241. The molecule has 0 aromatic heterocycles. The largest absolute Gasteiger partial charge is 0.372 e. The van der Waals surface area contributed by atoms with E-state index in [9.17, 15) is 9.59 Å². The molecule has 0 radical (unpaired) electrons. The number of hydrogen-bond acceptors (Lipinski definition) is 4. The van der Waals surface area contributed by atoms with E-state index in [4.69, 9.17) is 0 Å². The van der Waals surface area contributed by atoms with Crippen molar-refractivity contribution in [3.8, 4) is 0 Å². The predicted octanol–water partition coefficient (Wildman–Crippen LogP) is 5.55. The van der Waals surface area contributed by atoms with E-state index in [-0.39, 0.29) is 11.8 Å². The summed E-state index contributed by atoms with van der Waals surface area (Å²) in [4.78, 5) is 30.8. The second-order valence-electron chi connectivity index (χ2n) is 8.95. The molecule has 5 nitrogen and oxygen atoms in total. The standard InChI is InChI=1S/C29H29N3O2/c1-3-21-8-14-25(15-9-21)32-28(33)26(22-10-6-20(2)7-11-22)27(29(32)34)30-23-12-16-24(17-13-23)31-18-4-5-19-31/h6-17,30H,3-5,18-19H2,1-2H3. The van der Waals surface area contributed by atoms with Gasteiger partial charge in [0.15, 0.2) is 0 Å². The maximum absolute atomic E-state index is 13.6. The number of aryl methyl sites for hydroxylation is 2. The lowest BCUT2D eigenvalue weighted by atomic mass is 10.0. The predicted molar refractivity (Wildman–Crippen MR) is 138 cm³/mol. The van der Waals surface area contributed by atoms with Gasteiger partial charge in [-0.1, -0.05) is 48.9 Å². The molecule has 1 N–H and O–H groups in total. The fourth-order valence-corrected chi connectivity index (χ4v) is 4.62. The average molecular weight is 452 g/mol. The van der Waals surface area contributed by atoms with Crippen molar-refractivity contribution < 1.29 is 9.59 Å². The van der Waals surface area contributed by atoms with Gasteiger partial charge in [-0.15, -0.1) is 0 Å². The van der Waals surface area contributed by atoms with Crippen LogP contribution in [0.25, 0.3) is 5.57 Å². The van der Waals surface area contributed by atoms with Gasteiger partial charge < -0.3 is 10.2 Å². The van der Waals surface area contributed by atoms with Crippen LogP contribution in [0.2, 0.25) is 0 Å². The van der Waals surface area contributed by atoms with E-state index in [0.717, 1.165) is 41.9 Å². The van der Waals surface area contributed by atoms with E-state index in [2.05, 4.69) is 29.3 Å². The third-order valence-electron chi connectivity index (χ3n) is 6.63. The second kappa shape index (κ2) is 9.18. The van der Waals surface area contributed by atoms with Crippen molar-refractivity contribution in [3.05, 3.63) is 95.2 Å². The second-order valence-corrected chi connectivity index (χ2v) is 8.95. The fourth-order valence-electron chi connectivity index (χ4n) is 4.62. The van der Waals surface area contributed by atoms with Crippen LogP contribution in [0.15, 0.2) is 78.5 Å². The van der Waals surface area contributed by atoms with Crippen LogP contribution in [0.3, 0.4) is 0 Å². The monoisotopic (exact) mass is 451 g/mol. The highest BCUT2D eigenvalue weighted by molar-refractivity contribution is 6.46. The van der Waals surface area contributed by atoms with Crippen molar-refractivity contribution in [3.63, 3.8) is 0 Å². The van der Waals surface area contributed by atoms with Crippen LogP contribution >= 0.6 is 0 Å². The molecule has 2 amide bonds. The van der Waals surface area contributed by atoms with E-state index in [1.54, 1.807) is 0 Å². The molecular weight excluding hydrogens is 422 g/mol. The zero-order valence-electron chi connectivity index (χ0n) is 19.7. The normalized spacial score (nSPS) is 16.1. The molecule has 0 atom stereocenters. The number of carbonyl (C=O) groups is 2. The summed E-state index contributed by atoms with van der Waals surface area (Å²) < 4.78 is 0. The van der Waals surface area contributed by atoms with Gasteiger partial charge in [0.05, 0.1) is 11.3 Å². The third-order valence-corrected chi connectivity index (χ3v) is 6.63. The lowest BCUT2D eigenvalue weighted by Crippen LogP contribution is -2.32. The first kappa shape index (κ1) is 22.0. The molecule has 2 aliphatic heterocycles. The highest BCUT2D eigenvalue weighted by atomic mass is 16.2. The van der Waals surface area contributed by atoms with E-state index < -0.39 is 0 Å². The number of carbonyl (C=O) groups excluding carboxylic acids is 2. The number of anilines is 3. The van der Waals surface area contributed by atoms with Crippen molar-refractivity contribution in [2.24, 2.45) is 0 Å². The summed E-state index contributed by atoms with van der Waals surface area (Å²) in [7, 11) is 0. The summed E-state index contributed by atoms with van der Waals surface area (Å²) in [6.07, 6.45) is 3.34. The Bertz CT molecular complexity index is 1240. The van der Waals surface area contributed by atoms with Crippen LogP contribution in [-0.2, 0) is 16.0 Å². The molecule has 0 bridgehead atoms. The smallest absolute Gasteiger partial charge is 0.282 e. The molecule has 2 aliphatic rings. The van der Waals surface area contributed by atoms with Gasteiger partial charge in [-0.2, -0.15) is 0 Å². The van der Waals surface area contributed by atoms with E-state index in [1.807, 2.05) is 67.6 Å². The van der Waals surface area contributed by atoms with Crippen molar-refractivity contribution in [2.75, 3.05) is 28.2 Å². The maximum atomic E-state index is 13.6. The Balaban J connectivity index is 1.50. The Labute approximate surface area is 200 Å². The molecule has 3 aromatic rings. The van der Waals surface area contributed by atoms with E-state index in [0.29, 0.717) is 17.0 Å². The summed E-state index contributed by atoms with van der Waals surface area (Å²) in [6.45, 7) is 6.24. The first-order chi connectivity index (χ1) is 16.5. The Kier molecular flexibility index (Phi) is 5.93. The molecule has 1 saturated heterocycles. The first-order valence-corrected chi connectivity index (χ1v) is 12.0. The van der Waals surface area contributed by atoms with Gasteiger partial charge in [0.1, 0.15) is 5.70 Å². The van der Waals surface area contributed by atoms with Crippen LogP contribution in [0, 0.1) is 6.92 Å². The lowest BCUT2D eigenvalue weighted by Gasteiger charge is -2.18. The van der Waals surface area contributed by atoms with Crippen LogP contribution in [0.1, 0.15) is 36.5 Å². The average Bonchev–Trinajstić information content (AvgIpc) is 3.48. The SMILES string of the molecule is CCc1ccc(N2C(=O)C(Nc3ccc(N4CCCC4)cc3)=C(c3ccc(C)cc3)C2=O)cc1. The van der Waals surface area contributed by atoms with E-state index in [1.165, 1.54) is 23.4 Å². The van der Waals surface area contributed by atoms with Crippen LogP contribution in [0.5, 0.6) is 0 Å². The van der Waals surface area contributed by atoms with Crippen LogP contribution < -0.4 is 15.1 Å². The minimum absolute atomic E-state index is 0.308. The molecule has 0 unspecified atom stereocenters. The summed E-state index contributed by atoms with van der Waals surface area (Å²) >= 11 is 0. The third kappa shape index (κ3) is 4.10. The number of nitrogens with one attached hydrogen (secondary N) is 1. The molecule has 0 saturated carbocycles. The first-order valence-electron chi connectivity index (χ1n) is 12.0. The number of amides is 2. The molecule has 3 aromatic carbocycles. The molecule has 1 fully saturated rings. The Hall–Kier alpha value is -3.86. The lowest BCUT2D eigenvalue weighted by molar-refractivity contribution is -0.120. The molecule has 2 heterocycles. The number of nitrogens with zero attached hydrogens (tertiary/aromatic N) is 2. The van der Waals surface area contributed by atoms with Crippen molar-refractivity contribution in [2.45, 2.75) is 33.1 Å². The highest BCUT2D eigenvalue weighted by Crippen LogP contribution is 2.34. The summed E-state index contributed by atoms with van der Waals surface area (Å²) in [5.41, 5.74) is 6.24.